The Morgan fingerprint density at radius 3 is 2.33 bits per heavy atom. The lowest BCUT2D eigenvalue weighted by Gasteiger charge is -2.26. The van der Waals surface area contributed by atoms with Gasteiger partial charge in [0.1, 0.15) is 17.1 Å². The molecule has 1 aromatic rings. The van der Waals surface area contributed by atoms with E-state index >= 15 is 0 Å². The number of aromatic nitrogens is 1. The van der Waals surface area contributed by atoms with Crippen LogP contribution in [0.25, 0.3) is 0 Å². The van der Waals surface area contributed by atoms with Gasteiger partial charge in [-0.3, -0.25) is 0 Å². The molecule has 0 saturated carbocycles. The molecule has 4 nitrogen and oxygen atoms in total. The molecule has 0 aliphatic heterocycles. The van der Waals surface area contributed by atoms with E-state index < -0.39 is 28.8 Å². The molecule has 120 valence electrons. The Kier molecular flexibility index (Phi) is 5.89. The first kappa shape index (κ1) is 18.1. The Bertz CT molecular complexity index is 445. The van der Waals surface area contributed by atoms with E-state index in [9.17, 15) is 17.7 Å². The van der Waals surface area contributed by atoms with Gasteiger partial charge in [0.05, 0.1) is 6.04 Å². The Balaban J connectivity index is 2.61. The molecule has 0 spiro atoms. The number of anilines is 1. The van der Waals surface area contributed by atoms with Crippen LogP contribution in [0.2, 0.25) is 0 Å². The average molecular weight is 323 g/mol. The van der Waals surface area contributed by atoms with E-state index in [4.69, 9.17) is 0 Å². The summed E-state index contributed by atoms with van der Waals surface area (Å²) in [5.41, 5.74) is 0.755. The molecular formula is C13H20F3N3OS. The summed E-state index contributed by atoms with van der Waals surface area (Å²) in [5.74, 6) is 0.153. The van der Waals surface area contributed by atoms with Crippen LogP contribution < -0.4 is 10.0 Å². The highest BCUT2D eigenvalue weighted by Crippen LogP contribution is 2.20. The zero-order valence-electron chi connectivity index (χ0n) is 12.4. The maximum atomic E-state index is 12.1. The molecule has 0 radical (unpaired) electrons. The smallest absolute Gasteiger partial charge is 0.405 e. The number of hydrogen-bond acceptors (Lipinski definition) is 4. The summed E-state index contributed by atoms with van der Waals surface area (Å²) in [6.07, 6.45) is -2.81. The lowest BCUT2D eigenvalue weighted by Crippen LogP contribution is -2.40. The zero-order valence-corrected chi connectivity index (χ0v) is 13.2. The Labute approximate surface area is 125 Å². The molecular weight excluding hydrogens is 303 g/mol. The minimum Gasteiger partial charge on any atom is -0.598 e. The fourth-order valence-electron chi connectivity index (χ4n) is 1.36. The normalized spacial score (nSPS) is 15.6. The van der Waals surface area contributed by atoms with Crippen LogP contribution in [0.5, 0.6) is 0 Å². The Morgan fingerprint density at radius 2 is 1.90 bits per heavy atom. The van der Waals surface area contributed by atoms with Crippen molar-refractivity contribution < 1.29 is 17.7 Å². The van der Waals surface area contributed by atoms with Crippen LogP contribution in [0.15, 0.2) is 18.3 Å². The molecule has 0 aliphatic carbocycles. The van der Waals surface area contributed by atoms with Gasteiger partial charge < -0.3 is 9.87 Å². The monoisotopic (exact) mass is 323 g/mol. The summed E-state index contributed by atoms with van der Waals surface area (Å²) in [6, 6.07) is 2.91. The largest absolute Gasteiger partial charge is 0.598 e. The molecule has 0 fully saturated rings. The minimum atomic E-state index is -4.28. The molecule has 0 aromatic carbocycles. The van der Waals surface area contributed by atoms with E-state index in [0.29, 0.717) is 0 Å². The topological polar surface area (TPSA) is 60.0 Å². The molecule has 21 heavy (non-hydrogen) atoms. The molecule has 2 atom stereocenters. The summed E-state index contributed by atoms with van der Waals surface area (Å²) in [7, 11) is 0. The van der Waals surface area contributed by atoms with Gasteiger partial charge in [-0.2, -0.15) is 13.2 Å². The van der Waals surface area contributed by atoms with Gasteiger partial charge in [-0.15, -0.1) is 4.72 Å². The number of nitrogens with one attached hydrogen (secondary N) is 2. The number of nitrogens with zero attached hydrogens (tertiary/aromatic N) is 1. The summed E-state index contributed by atoms with van der Waals surface area (Å²) in [6.45, 7) is 6.26. The van der Waals surface area contributed by atoms with Gasteiger partial charge in [-0.25, -0.2) is 4.98 Å². The van der Waals surface area contributed by atoms with E-state index in [1.807, 2.05) is 27.7 Å². The maximum Gasteiger partial charge on any atom is 0.405 e. The summed E-state index contributed by atoms with van der Waals surface area (Å²) >= 11 is -1.23. The molecule has 1 aromatic heterocycles. The molecule has 0 unspecified atom stereocenters. The van der Waals surface area contributed by atoms with Crippen LogP contribution in [0, 0.1) is 0 Å². The van der Waals surface area contributed by atoms with Gasteiger partial charge in [0.15, 0.2) is 0 Å². The first-order chi connectivity index (χ1) is 9.49. The average Bonchev–Trinajstić information content (AvgIpc) is 2.35. The van der Waals surface area contributed by atoms with Gasteiger partial charge in [-0.05, 0) is 39.3 Å². The second-order valence-electron chi connectivity index (χ2n) is 5.67. The van der Waals surface area contributed by atoms with E-state index in [-0.39, 0.29) is 11.9 Å². The predicted octanol–water partition coefficient (Wildman–Crippen LogP) is 3.17. The SMILES string of the molecule is C[C@@H](N[S@+]([O-])C(C)(C)C)c1ccc(NCC(F)(F)F)nc1. The quantitative estimate of drug-likeness (QED) is 0.817. The van der Waals surface area contributed by atoms with E-state index in [2.05, 4.69) is 15.0 Å². The van der Waals surface area contributed by atoms with E-state index in [0.717, 1.165) is 5.56 Å². The number of halogens is 3. The highest BCUT2D eigenvalue weighted by atomic mass is 32.2. The van der Waals surface area contributed by atoms with Crippen LogP contribution in [0.1, 0.15) is 39.3 Å². The molecule has 0 amide bonds. The van der Waals surface area contributed by atoms with Crippen molar-refractivity contribution in [2.45, 2.75) is 44.7 Å². The highest BCUT2D eigenvalue weighted by Gasteiger charge is 2.29. The van der Waals surface area contributed by atoms with Gasteiger partial charge >= 0.3 is 6.18 Å². The maximum absolute atomic E-state index is 12.1. The van der Waals surface area contributed by atoms with Gasteiger partial charge in [0, 0.05) is 17.6 Å². The second kappa shape index (κ2) is 6.85. The molecule has 1 heterocycles. The van der Waals surface area contributed by atoms with Crippen LogP contribution in [0.4, 0.5) is 19.0 Å². The van der Waals surface area contributed by atoms with Crippen LogP contribution in [-0.2, 0) is 11.4 Å². The standard InChI is InChI=1S/C13H20F3N3OS/c1-9(19-21(20)12(2,3)4)10-5-6-11(17-7-10)18-8-13(14,15)16/h5-7,9,19H,8H2,1-4H3,(H,17,18)/t9-,21-/m1/s1. The summed E-state index contributed by atoms with van der Waals surface area (Å²) < 4.78 is 50.7. The fourth-order valence-corrected chi connectivity index (χ4v) is 2.17. The van der Waals surface area contributed by atoms with Gasteiger partial charge in [0.25, 0.3) is 0 Å². The van der Waals surface area contributed by atoms with Crippen molar-refractivity contribution in [1.29, 1.82) is 0 Å². The summed E-state index contributed by atoms with van der Waals surface area (Å²) in [5, 5.41) is 2.20. The lowest BCUT2D eigenvalue weighted by atomic mass is 10.1. The molecule has 8 heteroatoms. The van der Waals surface area contributed by atoms with Crippen LogP contribution >= 0.6 is 0 Å². The summed E-state index contributed by atoms with van der Waals surface area (Å²) in [4.78, 5) is 3.92. The number of alkyl halides is 3. The van der Waals surface area contributed by atoms with Gasteiger partial charge in [-0.1, -0.05) is 6.07 Å². The third-order valence-electron chi connectivity index (χ3n) is 2.60. The van der Waals surface area contributed by atoms with E-state index in [1.165, 1.54) is 12.3 Å². The molecule has 0 bridgehead atoms. The Morgan fingerprint density at radius 1 is 1.29 bits per heavy atom. The third kappa shape index (κ3) is 6.54. The molecule has 2 N–H and O–H groups in total. The predicted molar refractivity (Wildman–Crippen MR) is 78.2 cm³/mol. The zero-order chi connectivity index (χ0) is 16.3. The van der Waals surface area contributed by atoms with Crippen molar-refractivity contribution in [3.8, 4) is 0 Å². The number of pyridine rings is 1. The first-order valence-electron chi connectivity index (χ1n) is 6.43. The third-order valence-corrected chi connectivity index (χ3v) is 4.28. The van der Waals surface area contributed by atoms with Crippen LogP contribution in [-0.4, -0.2) is 27.0 Å². The fraction of sp³-hybridized carbons (Fsp3) is 0.615. The number of hydrogen-bond donors (Lipinski definition) is 2. The van der Waals surface area contributed by atoms with Gasteiger partial charge in [0.2, 0.25) is 0 Å². The molecule has 1 rings (SSSR count). The highest BCUT2D eigenvalue weighted by molar-refractivity contribution is 7.90. The van der Waals surface area contributed by atoms with Crippen molar-refractivity contribution >= 4 is 17.2 Å². The second-order valence-corrected chi connectivity index (χ2v) is 7.66. The Hall–Kier alpha value is -0.990. The van der Waals surface area contributed by atoms with Crippen molar-refractivity contribution in [2.75, 3.05) is 11.9 Å². The lowest BCUT2D eigenvalue weighted by molar-refractivity contribution is -0.115. The molecule has 0 saturated heterocycles. The van der Waals surface area contributed by atoms with Crippen molar-refractivity contribution in [3.63, 3.8) is 0 Å². The van der Waals surface area contributed by atoms with Crippen LogP contribution in [0.3, 0.4) is 0 Å². The van der Waals surface area contributed by atoms with E-state index in [1.54, 1.807) is 6.07 Å². The first-order valence-corrected chi connectivity index (χ1v) is 7.58. The van der Waals surface area contributed by atoms with Crippen molar-refractivity contribution in [3.05, 3.63) is 23.9 Å². The molecule has 0 aliphatic rings. The van der Waals surface area contributed by atoms with Crippen molar-refractivity contribution in [2.24, 2.45) is 0 Å². The number of rotatable bonds is 5. The minimum absolute atomic E-state index is 0.153. The van der Waals surface area contributed by atoms with Crippen molar-refractivity contribution in [1.82, 2.24) is 9.71 Å².